The Morgan fingerprint density at radius 3 is 2.57 bits per heavy atom. The predicted molar refractivity (Wildman–Crippen MR) is 108 cm³/mol. The average Bonchev–Trinajstić information content (AvgIpc) is 2.87. The van der Waals surface area contributed by atoms with Gasteiger partial charge in [0.2, 0.25) is 10.0 Å². The van der Waals surface area contributed by atoms with E-state index in [0.29, 0.717) is 31.4 Å². The number of carbonyl (C=O) groups excluding carboxylic acids is 1. The number of hydrogen-bond donors (Lipinski definition) is 0. The Bertz CT molecular complexity index is 977. The number of fused-ring (bicyclic) bond motifs is 1. The zero-order chi connectivity index (χ0) is 20.5. The number of nitrogens with zero attached hydrogens (tertiary/aromatic N) is 3. The van der Waals surface area contributed by atoms with E-state index in [0.717, 1.165) is 10.9 Å². The van der Waals surface area contributed by atoms with E-state index in [4.69, 9.17) is 4.74 Å². The highest BCUT2D eigenvalue weighted by Gasteiger charge is 2.31. The second-order valence-electron chi connectivity index (χ2n) is 8.04. The zero-order valence-electron chi connectivity index (χ0n) is 16.8. The van der Waals surface area contributed by atoms with Crippen LogP contribution in [-0.2, 0) is 14.8 Å². The monoisotopic (exact) mass is 405 g/mol. The molecule has 0 radical (unpaired) electrons. The van der Waals surface area contributed by atoms with Crippen molar-refractivity contribution in [1.29, 1.82) is 0 Å². The van der Waals surface area contributed by atoms with Crippen molar-refractivity contribution in [3.05, 3.63) is 36.2 Å². The van der Waals surface area contributed by atoms with E-state index in [-0.39, 0.29) is 11.4 Å². The Kier molecular flexibility index (Phi) is 5.63. The minimum atomic E-state index is -3.69. The molecule has 1 aliphatic rings. The Labute approximate surface area is 166 Å². The number of hydrogen-bond acceptors (Lipinski definition) is 5. The molecule has 0 N–H and O–H groups in total. The van der Waals surface area contributed by atoms with Crippen LogP contribution in [0.2, 0.25) is 0 Å². The average molecular weight is 406 g/mol. The highest BCUT2D eigenvalue weighted by atomic mass is 32.2. The van der Waals surface area contributed by atoms with Crippen LogP contribution in [0.4, 0.5) is 4.79 Å². The van der Waals surface area contributed by atoms with Crippen molar-refractivity contribution >= 4 is 26.9 Å². The van der Waals surface area contributed by atoms with Crippen molar-refractivity contribution in [3.63, 3.8) is 0 Å². The molecule has 2 heterocycles. The van der Waals surface area contributed by atoms with Gasteiger partial charge >= 0.3 is 6.09 Å². The smallest absolute Gasteiger partial charge is 0.410 e. The van der Waals surface area contributed by atoms with Crippen molar-refractivity contribution in [2.24, 2.45) is 0 Å². The van der Waals surface area contributed by atoms with E-state index in [1.54, 1.807) is 29.4 Å². The first-order chi connectivity index (χ1) is 13.1. The summed E-state index contributed by atoms with van der Waals surface area (Å²) >= 11 is 0. The van der Waals surface area contributed by atoms with Crippen LogP contribution in [0.5, 0.6) is 0 Å². The summed E-state index contributed by atoms with van der Waals surface area (Å²) in [5, 5.41) is 1.50. The molecule has 0 atom stereocenters. The van der Waals surface area contributed by atoms with Crippen LogP contribution in [0, 0.1) is 6.92 Å². The lowest BCUT2D eigenvalue weighted by Gasteiger charge is -2.26. The molecule has 0 spiro atoms. The molecule has 0 aliphatic carbocycles. The van der Waals surface area contributed by atoms with E-state index in [9.17, 15) is 13.2 Å². The summed E-state index contributed by atoms with van der Waals surface area (Å²) in [7, 11) is -3.69. The number of amides is 1. The van der Waals surface area contributed by atoms with Crippen LogP contribution in [0.1, 0.15) is 32.8 Å². The second kappa shape index (κ2) is 7.67. The molecule has 8 heteroatoms. The van der Waals surface area contributed by atoms with Gasteiger partial charge < -0.3 is 9.64 Å². The zero-order valence-corrected chi connectivity index (χ0v) is 17.6. The third-order valence-electron chi connectivity index (χ3n) is 4.66. The standard InChI is InChI=1S/C20H27N3O4S/c1-15-13-21-14-16-7-5-8-17(18(15)16)28(25,26)23-10-6-9-22(11-12-23)19(24)27-20(2,3)4/h5,7-8,13-14H,6,9-12H2,1-4H3. The van der Waals surface area contributed by atoms with Gasteiger partial charge in [-0.15, -0.1) is 0 Å². The summed E-state index contributed by atoms with van der Waals surface area (Å²) in [6.07, 6.45) is 3.50. The molecular weight excluding hydrogens is 378 g/mol. The summed E-state index contributed by atoms with van der Waals surface area (Å²) in [5.41, 5.74) is 0.241. The molecule has 2 aromatic rings. The van der Waals surface area contributed by atoms with Gasteiger partial charge in [-0.3, -0.25) is 4.98 Å². The Morgan fingerprint density at radius 1 is 1.11 bits per heavy atom. The van der Waals surface area contributed by atoms with Gasteiger partial charge in [0.25, 0.3) is 0 Å². The SMILES string of the molecule is Cc1cncc2cccc(S(=O)(=O)N3CCCN(C(=O)OC(C)(C)C)CC3)c12. The number of pyridine rings is 1. The molecule has 1 aromatic carbocycles. The van der Waals surface area contributed by atoms with Crippen LogP contribution in [0.3, 0.4) is 0 Å². The maximum absolute atomic E-state index is 13.4. The lowest BCUT2D eigenvalue weighted by atomic mass is 10.1. The maximum Gasteiger partial charge on any atom is 0.410 e. The van der Waals surface area contributed by atoms with Crippen LogP contribution < -0.4 is 0 Å². The van der Waals surface area contributed by atoms with Gasteiger partial charge in [0.1, 0.15) is 5.60 Å². The van der Waals surface area contributed by atoms with Gasteiger partial charge in [-0.2, -0.15) is 4.31 Å². The third-order valence-corrected chi connectivity index (χ3v) is 6.60. The van der Waals surface area contributed by atoms with E-state index >= 15 is 0 Å². The highest BCUT2D eigenvalue weighted by molar-refractivity contribution is 7.89. The molecule has 0 saturated carbocycles. The highest BCUT2D eigenvalue weighted by Crippen LogP contribution is 2.28. The van der Waals surface area contributed by atoms with E-state index in [2.05, 4.69) is 4.98 Å². The van der Waals surface area contributed by atoms with Gasteiger partial charge in [0, 0.05) is 49.3 Å². The lowest BCUT2D eigenvalue weighted by molar-refractivity contribution is 0.0260. The van der Waals surface area contributed by atoms with Crippen molar-refractivity contribution in [2.45, 2.75) is 44.6 Å². The molecule has 7 nitrogen and oxygen atoms in total. The normalized spacial score (nSPS) is 16.8. The molecule has 1 fully saturated rings. The van der Waals surface area contributed by atoms with Crippen LogP contribution in [-0.4, -0.2) is 60.5 Å². The lowest BCUT2D eigenvalue weighted by Crippen LogP contribution is -2.40. The Hall–Kier alpha value is -2.19. The number of sulfonamides is 1. The number of aromatic nitrogens is 1. The largest absolute Gasteiger partial charge is 0.444 e. The van der Waals surface area contributed by atoms with Gasteiger partial charge in [0.15, 0.2) is 0 Å². The molecule has 0 bridgehead atoms. The predicted octanol–water partition coefficient (Wildman–Crippen LogP) is 3.17. The third kappa shape index (κ3) is 4.28. The van der Waals surface area contributed by atoms with E-state index < -0.39 is 21.7 Å². The molecule has 1 aromatic heterocycles. The van der Waals surface area contributed by atoms with Crippen LogP contribution >= 0.6 is 0 Å². The molecule has 1 saturated heterocycles. The molecule has 28 heavy (non-hydrogen) atoms. The number of benzene rings is 1. The molecule has 0 unspecified atom stereocenters. The van der Waals surface area contributed by atoms with Gasteiger partial charge in [-0.25, -0.2) is 13.2 Å². The minimum absolute atomic E-state index is 0.238. The van der Waals surface area contributed by atoms with Gasteiger partial charge in [-0.05, 0) is 45.7 Å². The fourth-order valence-electron chi connectivity index (χ4n) is 3.37. The molecule has 1 amide bonds. The number of aryl methyl sites for hydroxylation is 1. The molecular formula is C20H27N3O4S. The Morgan fingerprint density at radius 2 is 1.86 bits per heavy atom. The number of carbonyl (C=O) groups is 1. The van der Waals surface area contributed by atoms with Crippen molar-refractivity contribution in [1.82, 2.24) is 14.2 Å². The van der Waals surface area contributed by atoms with Crippen molar-refractivity contribution in [3.8, 4) is 0 Å². The fraction of sp³-hybridized carbons (Fsp3) is 0.500. The van der Waals surface area contributed by atoms with Crippen molar-refractivity contribution < 1.29 is 17.9 Å². The van der Waals surface area contributed by atoms with Gasteiger partial charge in [0.05, 0.1) is 4.90 Å². The Balaban J connectivity index is 1.85. The van der Waals surface area contributed by atoms with Gasteiger partial charge in [-0.1, -0.05) is 12.1 Å². The van der Waals surface area contributed by atoms with Crippen molar-refractivity contribution in [2.75, 3.05) is 26.2 Å². The summed E-state index contributed by atoms with van der Waals surface area (Å²) in [6.45, 7) is 8.69. The van der Waals surface area contributed by atoms with Crippen LogP contribution in [0.15, 0.2) is 35.5 Å². The summed E-state index contributed by atoms with van der Waals surface area (Å²) in [4.78, 5) is 18.4. The minimum Gasteiger partial charge on any atom is -0.444 e. The quantitative estimate of drug-likeness (QED) is 0.767. The fourth-order valence-corrected chi connectivity index (χ4v) is 5.13. The first kappa shape index (κ1) is 20.5. The van der Waals surface area contributed by atoms with E-state index in [1.807, 2.05) is 33.8 Å². The summed E-state index contributed by atoms with van der Waals surface area (Å²) < 4.78 is 33.7. The summed E-state index contributed by atoms with van der Waals surface area (Å²) in [5.74, 6) is 0. The number of rotatable bonds is 2. The second-order valence-corrected chi connectivity index (χ2v) is 9.94. The molecule has 3 rings (SSSR count). The molecule has 152 valence electrons. The molecule has 1 aliphatic heterocycles. The summed E-state index contributed by atoms with van der Waals surface area (Å²) in [6, 6.07) is 5.24. The number of ether oxygens (including phenoxy) is 1. The topological polar surface area (TPSA) is 79.8 Å². The first-order valence-corrected chi connectivity index (χ1v) is 10.8. The van der Waals surface area contributed by atoms with E-state index in [1.165, 1.54) is 4.31 Å². The first-order valence-electron chi connectivity index (χ1n) is 9.41. The van der Waals surface area contributed by atoms with Crippen LogP contribution in [0.25, 0.3) is 10.8 Å². The maximum atomic E-state index is 13.4.